The molecule has 0 radical (unpaired) electrons. The van der Waals surface area contributed by atoms with Crippen LogP contribution in [0.2, 0.25) is 0 Å². The first kappa shape index (κ1) is 17.1. The van der Waals surface area contributed by atoms with Crippen LogP contribution in [-0.2, 0) is 4.74 Å². The summed E-state index contributed by atoms with van der Waals surface area (Å²) in [5, 5.41) is 3.18. The molecule has 126 valence electrons. The van der Waals surface area contributed by atoms with Crippen molar-refractivity contribution in [3.63, 3.8) is 0 Å². The molecule has 0 aliphatic carbocycles. The Balaban J connectivity index is 1.73. The Morgan fingerprint density at radius 2 is 1.75 bits per heavy atom. The van der Waals surface area contributed by atoms with Crippen LogP contribution in [0.15, 0.2) is 59.1 Å². The molecular weight excluding hydrogens is 368 g/mol. The molecule has 4 nitrogen and oxygen atoms in total. The fraction of sp³-hybridized carbons (Fsp3) is 0.316. The minimum absolute atomic E-state index is 0.0413. The van der Waals surface area contributed by atoms with Gasteiger partial charge in [0.15, 0.2) is 0 Å². The Morgan fingerprint density at radius 1 is 1.08 bits per heavy atom. The number of hydrogen-bond acceptors (Lipinski definition) is 3. The Labute approximate surface area is 150 Å². The summed E-state index contributed by atoms with van der Waals surface area (Å²) in [5.74, 6) is -0.0513. The summed E-state index contributed by atoms with van der Waals surface area (Å²) in [6.45, 7) is 4.09. The van der Waals surface area contributed by atoms with Gasteiger partial charge in [-0.2, -0.15) is 0 Å². The first-order valence-electron chi connectivity index (χ1n) is 8.14. The second kappa shape index (κ2) is 8.42. The van der Waals surface area contributed by atoms with Crippen LogP contribution >= 0.6 is 15.9 Å². The monoisotopic (exact) mass is 388 g/mol. The first-order chi connectivity index (χ1) is 11.7. The molecule has 0 spiro atoms. The highest BCUT2D eigenvalue weighted by atomic mass is 79.9. The van der Waals surface area contributed by atoms with Gasteiger partial charge in [0.2, 0.25) is 0 Å². The predicted octanol–water partition coefficient (Wildman–Crippen LogP) is 3.25. The lowest BCUT2D eigenvalue weighted by Gasteiger charge is -2.31. The maximum Gasteiger partial charge on any atom is 0.251 e. The normalized spacial score (nSPS) is 16.5. The van der Waals surface area contributed by atoms with E-state index in [1.807, 2.05) is 42.5 Å². The lowest BCUT2D eigenvalue weighted by molar-refractivity contribution is 0.0332. The molecule has 2 aromatic carbocycles. The minimum Gasteiger partial charge on any atom is -0.379 e. The van der Waals surface area contributed by atoms with Crippen LogP contribution in [0.25, 0.3) is 0 Å². The zero-order valence-electron chi connectivity index (χ0n) is 13.5. The average Bonchev–Trinajstić information content (AvgIpc) is 2.63. The fourth-order valence-electron chi connectivity index (χ4n) is 2.80. The van der Waals surface area contributed by atoms with E-state index in [2.05, 4.69) is 38.3 Å². The number of halogens is 1. The summed E-state index contributed by atoms with van der Waals surface area (Å²) in [7, 11) is 0. The number of nitrogens with zero attached hydrogens (tertiary/aromatic N) is 1. The summed E-state index contributed by atoms with van der Waals surface area (Å²) >= 11 is 3.40. The van der Waals surface area contributed by atoms with Crippen molar-refractivity contribution in [3.8, 4) is 0 Å². The summed E-state index contributed by atoms with van der Waals surface area (Å²) in [5.41, 5.74) is 1.79. The van der Waals surface area contributed by atoms with Crippen LogP contribution in [-0.4, -0.2) is 43.7 Å². The third kappa shape index (κ3) is 4.66. The standard InChI is InChI=1S/C19H21BrN2O2/c20-17-8-6-16(7-9-17)19(23)21-18(15-4-2-1-3-5-15)14-22-10-12-24-13-11-22/h1-9,18H,10-14H2,(H,21,23)/t18-/m0/s1. The maximum absolute atomic E-state index is 12.6. The molecule has 1 saturated heterocycles. The van der Waals surface area contributed by atoms with Crippen LogP contribution in [0.3, 0.4) is 0 Å². The summed E-state index contributed by atoms with van der Waals surface area (Å²) in [6, 6.07) is 17.5. The topological polar surface area (TPSA) is 41.6 Å². The Morgan fingerprint density at radius 3 is 2.42 bits per heavy atom. The quantitative estimate of drug-likeness (QED) is 0.854. The van der Waals surface area contributed by atoms with Crippen LogP contribution < -0.4 is 5.32 Å². The van der Waals surface area contributed by atoms with Gasteiger partial charge in [0.1, 0.15) is 0 Å². The second-order valence-corrected chi connectivity index (χ2v) is 6.77. The van der Waals surface area contributed by atoms with Gasteiger partial charge in [-0.3, -0.25) is 9.69 Å². The molecule has 1 amide bonds. The van der Waals surface area contributed by atoms with E-state index in [9.17, 15) is 4.79 Å². The Kier molecular flexibility index (Phi) is 6.01. The van der Waals surface area contributed by atoms with Crippen molar-refractivity contribution in [2.45, 2.75) is 6.04 Å². The molecule has 1 aliphatic heterocycles. The van der Waals surface area contributed by atoms with Crippen LogP contribution in [0, 0.1) is 0 Å². The van der Waals surface area contributed by atoms with Gasteiger partial charge in [0.05, 0.1) is 19.3 Å². The molecule has 1 fully saturated rings. The van der Waals surface area contributed by atoms with Crippen molar-refractivity contribution in [1.29, 1.82) is 0 Å². The molecule has 0 aromatic heterocycles. The van der Waals surface area contributed by atoms with Crippen molar-refractivity contribution in [2.75, 3.05) is 32.8 Å². The Hall–Kier alpha value is -1.69. The second-order valence-electron chi connectivity index (χ2n) is 5.86. The van der Waals surface area contributed by atoms with Gasteiger partial charge in [-0.1, -0.05) is 46.3 Å². The Bertz CT molecular complexity index is 655. The molecule has 24 heavy (non-hydrogen) atoms. The van der Waals surface area contributed by atoms with Gasteiger partial charge >= 0.3 is 0 Å². The van der Waals surface area contributed by atoms with E-state index in [4.69, 9.17) is 4.74 Å². The van der Waals surface area contributed by atoms with E-state index >= 15 is 0 Å². The fourth-order valence-corrected chi connectivity index (χ4v) is 3.07. The number of rotatable bonds is 5. The number of carbonyl (C=O) groups is 1. The molecule has 1 N–H and O–H groups in total. The van der Waals surface area contributed by atoms with E-state index in [1.165, 1.54) is 0 Å². The number of amides is 1. The highest BCUT2D eigenvalue weighted by Gasteiger charge is 2.20. The van der Waals surface area contributed by atoms with Gasteiger partial charge in [-0.25, -0.2) is 0 Å². The lowest BCUT2D eigenvalue weighted by Crippen LogP contribution is -2.43. The highest BCUT2D eigenvalue weighted by Crippen LogP contribution is 2.17. The van der Waals surface area contributed by atoms with Crippen molar-refractivity contribution in [3.05, 3.63) is 70.2 Å². The largest absolute Gasteiger partial charge is 0.379 e. The number of hydrogen-bond donors (Lipinski definition) is 1. The van der Waals surface area contributed by atoms with Crippen molar-refractivity contribution in [2.24, 2.45) is 0 Å². The number of ether oxygens (including phenoxy) is 1. The van der Waals surface area contributed by atoms with Gasteiger partial charge in [0, 0.05) is 29.7 Å². The number of carbonyl (C=O) groups excluding carboxylic acids is 1. The van der Waals surface area contributed by atoms with Crippen LogP contribution in [0.4, 0.5) is 0 Å². The minimum atomic E-state index is -0.0513. The third-order valence-corrected chi connectivity index (χ3v) is 4.69. The zero-order chi connectivity index (χ0) is 16.8. The van der Waals surface area contributed by atoms with E-state index in [1.54, 1.807) is 0 Å². The van der Waals surface area contributed by atoms with Gasteiger partial charge in [0.25, 0.3) is 5.91 Å². The molecule has 1 heterocycles. The van der Waals surface area contributed by atoms with Gasteiger partial charge in [-0.05, 0) is 29.8 Å². The van der Waals surface area contributed by atoms with Gasteiger partial charge in [-0.15, -0.1) is 0 Å². The smallest absolute Gasteiger partial charge is 0.251 e. The van der Waals surface area contributed by atoms with E-state index in [0.717, 1.165) is 42.9 Å². The lowest BCUT2D eigenvalue weighted by atomic mass is 10.1. The molecular formula is C19H21BrN2O2. The van der Waals surface area contributed by atoms with E-state index in [-0.39, 0.29) is 11.9 Å². The van der Waals surface area contributed by atoms with Crippen molar-refractivity contribution in [1.82, 2.24) is 10.2 Å². The number of nitrogens with one attached hydrogen (secondary N) is 1. The number of morpholine rings is 1. The van der Waals surface area contributed by atoms with E-state index < -0.39 is 0 Å². The SMILES string of the molecule is O=C(N[C@@H](CN1CCOCC1)c1ccccc1)c1ccc(Br)cc1. The predicted molar refractivity (Wildman–Crippen MR) is 98.1 cm³/mol. The number of benzene rings is 2. The molecule has 1 atom stereocenters. The average molecular weight is 389 g/mol. The maximum atomic E-state index is 12.6. The molecule has 0 saturated carbocycles. The molecule has 0 unspecified atom stereocenters. The van der Waals surface area contributed by atoms with Gasteiger partial charge < -0.3 is 10.1 Å². The molecule has 1 aliphatic rings. The molecule has 3 rings (SSSR count). The third-order valence-electron chi connectivity index (χ3n) is 4.16. The summed E-state index contributed by atoms with van der Waals surface area (Å²) in [6.07, 6.45) is 0. The molecule has 0 bridgehead atoms. The van der Waals surface area contributed by atoms with Crippen molar-refractivity contribution < 1.29 is 9.53 Å². The molecule has 5 heteroatoms. The summed E-state index contributed by atoms with van der Waals surface area (Å²) in [4.78, 5) is 14.9. The van der Waals surface area contributed by atoms with Crippen LogP contribution in [0.1, 0.15) is 22.0 Å². The highest BCUT2D eigenvalue weighted by molar-refractivity contribution is 9.10. The van der Waals surface area contributed by atoms with Crippen LogP contribution in [0.5, 0.6) is 0 Å². The first-order valence-corrected chi connectivity index (χ1v) is 8.93. The summed E-state index contributed by atoms with van der Waals surface area (Å²) < 4.78 is 6.38. The zero-order valence-corrected chi connectivity index (χ0v) is 15.0. The molecule has 2 aromatic rings. The van der Waals surface area contributed by atoms with Crippen molar-refractivity contribution >= 4 is 21.8 Å². The van der Waals surface area contributed by atoms with E-state index in [0.29, 0.717) is 5.56 Å².